The number of hydrogen-bond acceptors (Lipinski definition) is 7. The second-order valence-electron chi connectivity index (χ2n) is 7.52. The topological polar surface area (TPSA) is 88.1 Å². The lowest BCUT2D eigenvalue weighted by atomic mass is 10.2. The lowest BCUT2D eigenvalue weighted by Gasteiger charge is -2.34. The predicted molar refractivity (Wildman–Crippen MR) is 121 cm³/mol. The first-order valence-corrected chi connectivity index (χ1v) is 10.0. The van der Waals surface area contributed by atoms with E-state index in [2.05, 4.69) is 56.4 Å². The van der Waals surface area contributed by atoms with E-state index in [0.717, 1.165) is 42.9 Å². The summed E-state index contributed by atoms with van der Waals surface area (Å²) in [5.41, 5.74) is 9.65. The molecule has 0 spiro atoms. The van der Waals surface area contributed by atoms with Crippen molar-refractivity contribution in [1.29, 1.82) is 0 Å². The van der Waals surface area contributed by atoms with Gasteiger partial charge in [0.2, 0.25) is 5.95 Å². The SMILES string of the molecule is CN1CCN(c2ccc(-n3nc(Nc4ccccc4)c4cnc(N)nc43)cc2)CC1. The Morgan fingerprint density at radius 3 is 2.33 bits per heavy atom. The van der Waals surface area contributed by atoms with Gasteiger partial charge >= 0.3 is 0 Å². The Morgan fingerprint density at radius 1 is 0.900 bits per heavy atom. The summed E-state index contributed by atoms with van der Waals surface area (Å²) in [4.78, 5) is 13.4. The molecule has 0 aliphatic carbocycles. The Bertz CT molecular complexity index is 1150. The van der Waals surface area contributed by atoms with Gasteiger partial charge in [-0.2, -0.15) is 4.98 Å². The van der Waals surface area contributed by atoms with Crippen LogP contribution in [0, 0.1) is 0 Å². The van der Waals surface area contributed by atoms with Crippen molar-refractivity contribution in [3.05, 3.63) is 60.8 Å². The number of para-hydroxylation sites is 1. The molecule has 152 valence electrons. The molecule has 2 aromatic carbocycles. The van der Waals surface area contributed by atoms with Crippen LogP contribution in [-0.4, -0.2) is 57.9 Å². The van der Waals surface area contributed by atoms with Crippen molar-refractivity contribution in [3.63, 3.8) is 0 Å². The largest absolute Gasteiger partial charge is 0.369 e. The predicted octanol–water partition coefficient (Wildman–Crippen LogP) is 2.89. The molecule has 1 fully saturated rings. The van der Waals surface area contributed by atoms with Gasteiger partial charge in [-0.05, 0) is 43.4 Å². The zero-order valence-corrected chi connectivity index (χ0v) is 16.9. The monoisotopic (exact) mass is 400 g/mol. The Hall–Kier alpha value is -3.65. The van der Waals surface area contributed by atoms with Crippen molar-refractivity contribution in [2.45, 2.75) is 0 Å². The van der Waals surface area contributed by atoms with E-state index in [9.17, 15) is 0 Å². The molecule has 4 aromatic rings. The number of rotatable bonds is 4. The van der Waals surface area contributed by atoms with Crippen LogP contribution in [0.25, 0.3) is 16.7 Å². The highest BCUT2D eigenvalue weighted by molar-refractivity contribution is 5.90. The standard InChI is InChI=1S/C22H24N8/c1-28-11-13-29(14-12-28)17-7-9-18(10-8-17)30-21-19(15-24-22(23)26-21)20(27-30)25-16-5-3-2-4-6-16/h2-10,15H,11-14H2,1H3,(H,25,27)(H2,23,24,26). The number of benzene rings is 2. The van der Waals surface area contributed by atoms with Crippen LogP contribution in [-0.2, 0) is 0 Å². The van der Waals surface area contributed by atoms with Crippen molar-refractivity contribution >= 4 is 34.2 Å². The summed E-state index contributed by atoms with van der Waals surface area (Å²) in [6.07, 6.45) is 1.71. The molecule has 1 aliphatic rings. The minimum atomic E-state index is 0.226. The van der Waals surface area contributed by atoms with Gasteiger partial charge in [0.1, 0.15) is 0 Å². The molecule has 0 amide bonds. The number of anilines is 4. The lowest BCUT2D eigenvalue weighted by Crippen LogP contribution is -2.44. The zero-order chi connectivity index (χ0) is 20.5. The molecule has 2 aromatic heterocycles. The van der Waals surface area contributed by atoms with Crippen molar-refractivity contribution in [2.24, 2.45) is 0 Å². The first kappa shape index (κ1) is 18.4. The Kier molecular flexibility index (Phi) is 4.68. The zero-order valence-electron chi connectivity index (χ0n) is 16.9. The quantitative estimate of drug-likeness (QED) is 0.544. The molecule has 8 nitrogen and oxygen atoms in total. The van der Waals surface area contributed by atoms with E-state index in [-0.39, 0.29) is 5.95 Å². The van der Waals surface area contributed by atoms with Crippen molar-refractivity contribution in [3.8, 4) is 5.69 Å². The molecular weight excluding hydrogens is 376 g/mol. The van der Waals surface area contributed by atoms with Crippen LogP contribution in [0.5, 0.6) is 0 Å². The molecule has 0 unspecified atom stereocenters. The highest BCUT2D eigenvalue weighted by Gasteiger charge is 2.17. The maximum atomic E-state index is 5.87. The maximum Gasteiger partial charge on any atom is 0.222 e. The lowest BCUT2D eigenvalue weighted by molar-refractivity contribution is 0.313. The van der Waals surface area contributed by atoms with E-state index in [4.69, 9.17) is 10.8 Å². The molecule has 8 heteroatoms. The van der Waals surface area contributed by atoms with Crippen LogP contribution in [0.15, 0.2) is 60.8 Å². The average Bonchev–Trinajstić information content (AvgIpc) is 3.12. The fraction of sp³-hybridized carbons (Fsp3) is 0.227. The summed E-state index contributed by atoms with van der Waals surface area (Å²) >= 11 is 0. The Morgan fingerprint density at radius 2 is 1.60 bits per heavy atom. The molecule has 1 aliphatic heterocycles. The normalized spacial score (nSPS) is 14.9. The third-order valence-corrected chi connectivity index (χ3v) is 5.44. The third-order valence-electron chi connectivity index (χ3n) is 5.44. The smallest absolute Gasteiger partial charge is 0.222 e. The van der Waals surface area contributed by atoms with E-state index in [1.54, 1.807) is 6.20 Å². The van der Waals surface area contributed by atoms with Gasteiger partial charge in [0, 0.05) is 43.8 Å². The van der Waals surface area contributed by atoms with E-state index >= 15 is 0 Å². The van der Waals surface area contributed by atoms with Crippen molar-refractivity contribution < 1.29 is 0 Å². The Labute approximate surface area is 175 Å². The van der Waals surface area contributed by atoms with Crippen LogP contribution in [0.1, 0.15) is 0 Å². The Balaban J connectivity index is 1.50. The number of nitrogens with zero attached hydrogens (tertiary/aromatic N) is 6. The molecule has 0 saturated carbocycles. The first-order valence-electron chi connectivity index (χ1n) is 10.0. The van der Waals surface area contributed by atoms with Crippen molar-refractivity contribution in [2.75, 3.05) is 49.2 Å². The molecule has 0 bridgehead atoms. The summed E-state index contributed by atoms with van der Waals surface area (Å²) < 4.78 is 1.81. The summed E-state index contributed by atoms with van der Waals surface area (Å²) in [5.74, 6) is 0.920. The molecule has 0 radical (unpaired) electrons. The molecule has 3 heterocycles. The summed E-state index contributed by atoms with van der Waals surface area (Å²) in [6.45, 7) is 4.23. The molecule has 5 rings (SSSR count). The van der Waals surface area contributed by atoms with Crippen LogP contribution >= 0.6 is 0 Å². The number of nitrogens with one attached hydrogen (secondary N) is 1. The fourth-order valence-electron chi connectivity index (χ4n) is 3.72. The number of fused-ring (bicyclic) bond motifs is 1. The number of nitrogen functional groups attached to an aromatic ring is 1. The summed E-state index contributed by atoms with van der Waals surface area (Å²) in [5, 5.41) is 8.95. The summed E-state index contributed by atoms with van der Waals surface area (Å²) in [7, 11) is 2.16. The number of piperazine rings is 1. The minimum absolute atomic E-state index is 0.226. The van der Waals surface area contributed by atoms with Crippen LogP contribution < -0.4 is 16.0 Å². The number of hydrogen-bond donors (Lipinski definition) is 2. The number of nitrogens with two attached hydrogens (primary N) is 1. The van der Waals surface area contributed by atoms with Gasteiger partial charge in [-0.1, -0.05) is 18.2 Å². The number of aromatic nitrogens is 4. The van der Waals surface area contributed by atoms with E-state index in [1.807, 2.05) is 35.0 Å². The van der Waals surface area contributed by atoms with Gasteiger partial charge in [0.25, 0.3) is 0 Å². The van der Waals surface area contributed by atoms with Crippen LogP contribution in [0.3, 0.4) is 0 Å². The second-order valence-corrected chi connectivity index (χ2v) is 7.52. The molecular formula is C22H24N8. The van der Waals surface area contributed by atoms with E-state index < -0.39 is 0 Å². The first-order chi connectivity index (χ1) is 14.7. The van der Waals surface area contributed by atoms with Gasteiger partial charge < -0.3 is 20.9 Å². The maximum absolute atomic E-state index is 5.87. The van der Waals surface area contributed by atoms with Crippen LogP contribution in [0.4, 0.5) is 23.1 Å². The molecule has 30 heavy (non-hydrogen) atoms. The highest BCUT2D eigenvalue weighted by atomic mass is 15.3. The van der Waals surface area contributed by atoms with Gasteiger partial charge in [-0.15, -0.1) is 5.10 Å². The van der Waals surface area contributed by atoms with Gasteiger partial charge in [0.15, 0.2) is 11.5 Å². The van der Waals surface area contributed by atoms with Crippen molar-refractivity contribution in [1.82, 2.24) is 24.6 Å². The minimum Gasteiger partial charge on any atom is -0.369 e. The number of likely N-dealkylation sites (N-methyl/N-ethyl adjacent to an activating group) is 1. The third kappa shape index (κ3) is 3.53. The molecule has 0 atom stereocenters. The van der Waals surface area contributed by atoms with Gasteiger partial charge in [0.05, 0.1) is 11.1 Å². The molecule has 3 N–H and O–H groups in total. The highest BCUT2D eigenvalue weighted by Crippen LogP contribution is 2.28. The molecule has 1 saturated heterocycles. The van der Waals surface area contributed by atoms with E-state index in [0.29, 0.717) is 11.5 Å². The van der Waals surface area contributed by atoms with Gasteiger partial charge in [-0.25, -0.2) is 9.67 Å². The van der Waals surface area contributed by atoms with E-state index in [1.165, 1.54) is 5.69 Å². The van der Waals surface area contributed by atoms with Gasteiger partial charge in [-0.3, -0.25) is 0 Å². The summed E-state index contributed by atoms with van der Waals surface area (Å²) in [6, 6.07) is 18.4. The van der Waals surface area contributed by atoms with Crippen LogP contribution in [0.2, 0.25) is 0 Å². The average molecular weight is 400 g/mol. The fourth-order valence-corrected chi connectivity index (χ4v) is 3.72. The second kappa shape index (κ2) is 7.64.